The zero-order valence-electron chi connectivity index (χ0n) is 13.1. The van der Waals surface area contributed by atoms with E-state index in [9.17, 15) is 0 Å². The second-order valence-electron chi connectivity index (χ2n) is 5.13. The maximum absolute atomic E-state index is 5.97. The van der Waals surface area contributed by atoms with Crippen LogP contribution in [0.1, 0.15) is 24.1 Å². The van der Waals surface area contributed by atoms with Crippen molar-refractivity contribution in [2.75, 3.05) is 32.7 Å². The van der Waals surface area contributed by atoms with Crippen LogP contribution in [0.2, 0.25) is 0 Å². The number of rotatable bonds is 8. The average molecular weight is 292 g/mol. The number of fused-ring (bicyclic) bond motifs is 1. The molecule has 6 heteroatoms. The Morgan fingerprint density at radius 3 is 2.71 bits per heavy atom. The quantitative estimate of drug-likeness (QED) is 0.754. The van der Waals surface area contributed by atoms with Crippen LogP contribution in [0.15, 0.2) is 6.33 Å². The molecular formula is C15H24N4O2. The van der Waals surface area contributed by atoms with E-state index in [1.54, 1.807) is 7.11 Å². The second kappa shape index (κ2) is 7.38. The van der Waals surface area contributed by atoms with E-state index < -0.39 is 0 Å². The summed E-state index contributed by atoms with van der Waals surface area (Å²) in [5.74, 6) is 0.558. The lowest BCUT2D eigenvalue weighted by Gasteiger charge is -2.08. The summed E-state index contributed by atoms with van der Waals surface area (Å²) in [5, 5.41) is 0.978. The summed E-state index contributed by atoms with van der Waals surface area (Å²) >= 11 is 0. The van der Waals surface area contributed by atoms with Crippen molar-refractivity contribution in [3.05, 3.63) is 17.6 Å². The number of aryl methyl sites for hydroxylation is 2. The molecular weight excluding hydrogens is 268 g/mol. The Morgan fingerprint density at radius 2 is 1.95 bits per heavy atom. The fraction of sp³-hybridized carbons (Fsp3) is 0.600. The van der Waals surface area contributed by atoms with Gasteiger partial charge >= 0.3 is 0 Å². The number of hydrogen-bond donors (Lipinski definition) is 1. The number of nitrogens with zero attached hydrogens (tertiary/aromatic N) is 3. The highest BCUT2D eigenvalue weighted by atomic mass is 16.5. The number of hydrogen-bond acceptors (Lipinski definition) is 5. The van der Waals surface area contributed by atoms with Gasteiger partial charge in [-0.15, -0.1) is 0 Å². The van der Waals surface area contributed by atoms with Crippen molar-refractivity contribution >= 4 is 16.9 Å². The number of aromatic nitrogens is 3. The Kier molecular flexibility index (Phi) is 5.52. The maximum Gasteiger partial charge on any atom is 0.145 e. The fourth-order valence-corrected chi connectivity index (χ4v) is 2.49. The van der Waals surface area contributed by atoms with Crippen molar-refractivity contribution in [2.24, 2.45) is 0 Å². The van der Waals surface area contributed by atoms with Crippen molar-refractivity contribution in [3.63, 3.8) is 0 Å². The van der Waals surface area contributed by atoms with Gasteiger partial charge in [-0.1, -0.05) is 0 Å². The molecule has 2 aromatic heterocycles. The van der Waals surface area contributed by atoms with E-state index in [0.717, 1.165) is 37.0 Å². The van der Waals surface area contributed by atoms with Crippen molar-refractivity contribution < 1.29 is 9.47 Å². The third-order valence-electron chi connectivity index (χ3n) is 3.79. The molecule has 2 rings (SSSR count). The van der Waals surface area contributed by atoms with Crippen LogP contribution in [-0.2, 0) is 16.0 Å². The van der Waals surface area contributed by atoms with Crippen LogP contribution >= 0.6 is 0 Å². The Bertz CT molecular complexity index is 595. The van der Waals surface area contributed by atoms with Gasteiger partial charge < -0.3 is 19.8 Å². The number of anilines is 1. The standard InChI is InChI=1S/C15H24N4O2/c1-11-12(2)19(6-4-5-7-21-9-8-20-3)15-13(11)14(16)17-10-18-15/h10H,4-9H2,1-3H3,(H2,16,17,18). The minimum atomic E-state index is 0.558. The van der Waals surface area contributed by atoms with Gasteiger partial charge in [0, 0.05) is 26.0 Å². The minimum Gasteiger partial charge on any atom is -0.383 e. The number of methoxy groups -OCH3 is 1. The molecule has 0 aliphatic heterocycles. The summed E-state index contributed by atoms with van der Waals surface area (Å²) in [6, 6.07) is 0. The molecule has 0 aliphatic carbocycles. The van der Waals surface area contributed by atoms with Gasteiger partial charge in [0.15, 0.2) is 0 Å². The summed E-state index contributed by atoms with van der Waals surface area (Å²) < 4.78 is 12.6. The Balaban J connectivity index is 1.96. The summed E-state index contributed by atoms with van der Waals surface area (Å²) in [6.45, 7) is 7.16. The van der Waals surface area contributed by atoms with Crippen LogP contribution in [0, 0.1) is 13.8 Å². The van der Waals surface area contributed by atoms with Crippen LogP contribution in [0.3, 0.4) is 0 Å². The lowest BCUT2D eigenvalue weighted by molar-refractivity contribution is 0.0684. The molecule has 2 heterocycles. The highest BCUT2D eigenvalue weighted by molar-refractivity contribution is 5.90. The fourth-order valence-electron chi connectivity index (χ4n) is 2.49. The molecule has 0 amide bonds. The SMILES string of the molecule is COCCOCCCCn1c(C)c(C)c2c(N)ncnc21. The molecule has 0 saturated carbocycles. The van der Waals surface area contributed by atoms with Crippen molar-refractivity contribution in [3.8, 4) is 0 Å². The number of nitrogen functional groups attached to an aromatic ring is 1. The Hall–Kier alpha value is -1.66. The lowest BCUT2D eigenvalue weighted by atomic mass is 10.2. The van der Waals surface area contributed by atoms with Gasteiger partial charge in [-0.3, -0.25) is 0 Å². The number of unbranched alkanes of at least 4 members (excludes halogenated alkanes) is 1. The van der Waals surface area contributed by atoms with Gasteiger partial charge in [-0.25, -0.2) is 9.97 Å². The second-order valence-corrected chi connectivity index (χ2v) is 5.13. The van der Waals surface area contributed by atoms with Crippen molar-refractivity contribution in [2.45, 2.75) is 33.2 Å². The first kappa shape index (κ1) is 15.7. The molecule has 6 nitrogen and oxygen atoms in total. The van der Waals surface area contributed by atoms with Gasteiger partial charge in [0.25, 0.3) is 0 Å². The third-order valence-corrected chi connectivity index (χ3v) is 3.79. The minimum absolute atomic E-state index is 0.558. The van der Waals surface area contributed by atoms with Gasteiger partial charge in [-0.2, -0.15) is 0 Å². The summed E-state index contributed by atoms with van der Waals surface area (Å²) in [5.41, 5.74) is 9.27. The van der Waals surface area contributed by atoms with Crippen LogP contribution in [-0.4, -0.2) is 41.5 Å². The third kappa shape index (κ3) is 3.51. The van der Waals surface area contributed by atoms with Crippen LogP contribution in [0.4, 0.5) is 5.82 Å². The first-order chi connectivity index (χ1) is 10.2. The molecule has 0 spiro atoms. The lowest BCUT2D eigenvalue weighted by Crippen LogP contribution is -2.06. The predicted molar refractivity (Wildman–Crippen MR) is 83.3 cm³/mol. The molecule has 21 heavy (non-hydrogen) atoms. The Labute approximate surface area is 125 Å². The summed E-state index contributed by atoms with van der Waals surface area (Å²) in [4.78, 5) is 8.47. The van der Waals surface area contributed by atoms with E-state index in [0.29, 0.717) is 19.0 Å². The van der Waals surface area contributed by atoms with Crippen molar-refractivity contribution in [1.29, 1.82) is 0 Å². The highest BCUT2D eigenvalue weighted by Crippen LogP contribution is 2.27. The molecule has 2 N–H and O–H groups in total. The van der Waals surface area contributed by atoms with Crippen LogP contribution in [0.5, 0.6) is 0 Å². The van der Waals surface area contributed by atoms with Gasteiger partial charge in [0.2, 0.25) is 0 Å². The van der Waals surface area contributed by atoms with E-state index in [4.69, 9.17) is 15.2 Å². The van der Waals surface area contributed by atoms with Gasteiger partial charge in [0.05, 0.1) is 18.6 Å². The van der Waals surface area contributed by atoms with Gasteiger partial charge in [0.1, 0.15) is 17.8 Å². The smallest absolute Gasteiger partial charge is 0.145 e. The Morgan fingerprint density at radius 1 is 1.14 bits per heavy atom. The molecule has 0 aromatic carbocycles. The monoisotopic (exact) mass is 292 g/mol. The van der Waals surface area contributed by atoms with Crippen LogP contribution < -0.4 is 5.73 Å². The molecule has 0 unspecified atom stereocenters. The highest BCUT2D eigenvalue weighted by Gasteiger charge is 2.14. The van der Waals surface area contributed by atoms with E-state index >= 15 is 0 Å². The molecule has 0 radical (unpaired) electrons. The normalized spacial score (nSPS) is 11.4. The summed E-state index contributed by atoms with van der Waals surface area (Å²) in [7, 11) is 1.68. The molecule has 0 aliphatic rings. The predicted octanol–water partition coefficient (Wildman–Crippen LogP) is 2.07. The largest absolute Gasteiger partial charge is 0.383 e. The number of nitrogens with two attached hydrogens (primary N) is 1. The molecule has 0 fully saturated rings. The van der Waals surface area contributed by atoms with Gasteiger partial charge in [-0.05, 0) is 32.3 Å². The van der Waals surface area contributed by atoms with E-state index in [1.165, 1.54) is 17.6 Å². The number of ether oxygens (including phenoxy) is 2. The van der Waals surface area contributed by atoms with E-state index in [1.807, 2.05) is 0 Å². The molecule has 0 atom stereocenters. The van der Waals surface area contributed by atoms with Crippen molar-refractivity contribution in [1.82, 2.24) is 14.5 Å². The van der Waals surface area contributed by atoms with Crippen LogP contribution in [0.25, 0.3) is 11.0 Å². The first-order valence-corrected chi connectivity index (χ1v) is 7.29. The topological polar surface area (TPSA) is 75.2 Å². The molecule has 116 valence electrons. The zero-order valence-corrected chi connectivity index (χ0v) is 13.1. The molecule has 2 aromatic rings. The molecule has 0 bridgehead atoms. The van der Waals surface area contributed by atoms with E-state index in [2.05, 4.69) is 28.4 Å². The average Bonchev–Trinajstić information content (AvgIpc) is 2.72. The maximum atomic E-state index is 5.97. The molecule has 0 saturated heterocycles. The summed E-state index contributed by atoms with van der Waals surface area (Å²) in [6.07, 6.45) is 3.59. The first-order valence-electron chi connectivity index (χ1n) is 7.29. The zero-order chi connectivity index (χ0) is 15.2. The van der Waals surface area contributed by atoms with E-state index in [-0.39, 0.29) is 0 Å².